The van der Waals surface area contributed by atoms with Gasteiger partial charge in [-0.05, 0) is 25.3 Å². The van der Waals surface area contributed by atoms with E-state index in [0.29, 0.717) is 6.42 Å². The summed E-state index contributed by atoms with van der Waals surface area (Å²) in [7, 11) is 1.96. The summed E-state index contributed by atoms with van der Waals surface area (Å²) >= 11 is 0. The number of rotatable bonds is 2. The van der Waals surface area contributed by atoms with Crippen LogP contribution in [0.5, 0.6) is 0 Å². The minimum Gasteiger partial charge on any atom is -0.389 e. The van der Waals surface area contributed by atoms with Crippen molar-refractivity contribution in [2.75, 3.05) is 0 Å². The Kier molecular flexibility index (Phi) is 2.04. The third-order valence-electron chi connectivity index (χ3n) is 3.62. The Morgan fingerprint density at radius 2 is 2.12 bits per heavy atom. The predicted molar refractivity (Wildman–Crippen MR) is 63.2 cm³/mol. The van der Waals surface area contributed by atoms with Gasteiger partial charge in [0.1, 0.15) is 0 Å². The van der Waals surface area contributed by atoms with E-state index in [4.69, 9.17) is 0 Å². The standard InChI is InChI=1S/C13H16N2O/c1-15-12-6-3-2-5-10(12)11(14-15)9-13(16)7-4-8-13/h2-3,5-6,16H,4,7-9H2,1H3. The third-order valence-corrected chi connectivity index (χ3v) is 3.62. The van der Waals surface area contributed by atoms with Gasteiger partial charge in [0, 0.05) is 18.9 Å². The van der Waals surface area contributed by atoms with Crippen molar-refractivity contribution in [1.29, 1.82) is 0 Å². The molecule has 1 saturated carbocycles. The third kappa shape index (κ3) is 1.43. The van der Waals surface area contributed by atoms with Crippen molar-refractivity contribution in [2.45, 2.75) is 31.3 Å². The molecule has 1 aromatic carbocycles. The zero-order chi connectivity index (χ0) is 11.2. The number of hydrogen-bond donors (Lipinski definition) is 1. The molecule has 0 atom stereocenters. The van der Waals surface area contributed by atoms with Crippen molar-refractivity contribution in [1.82, 2.24) is 9.78 Å². The van der Waals surface area contributed by atoms with Gasteiger partial charge in [-0.3, -0.25) is 4.68 Å². The van der Waals surface area contributed by atoms with Gasteiger partial charge >= 0.3 is 0 Å². The Bertz CT molecular complexity index is 526. The van der Waals surface area contributed by atoms with Crippen LogP contribution in [0.1, 0.15) is 25.0 Å². The van der Waals surface area contributed by atoms with Crippen LogP contribution >= 0.6 is 0 Å². The van der Waals surface area contributed by atoms with Crippen molar-refractivity contribution >= 4 is 10.9 Å². The highest BCUT2D eigenvalue weighted by molar-refractivity contribution is 5.81. The molecule has 0 aliphatic heterocycles. The molecule has 16 heavy (non-hydrogen) atoms. The van der Waals surface area contributed by atoms with Crippen LogP contribution in [0.4, 0.5) is 0 Å². The summed E-state index contributed by atoms with van der Waals surface area (Å²) in [5, 5.41) is 15.9. The lowest BCUT2D eigenvalue weighted by molar-refractivity contribution is -0.0328. The molecule has 2 aromatic rings. The highest BCUT2D eigenvalue weighted by atomic mass is 16.3. The Balaban J connectivity index is 2.03. The molecule has 1 N–H and O–H groups in total. The van der Waals surface area contributed by atoms with Gasteiger partial charge in [-0.1, -0.05) is 18.2 Å². The van der Waals surface area contributed by atoms with Crippen molar-refractivity contribution in [2.24, 2.45) is 7.05 Å². The number of aromatic nitrogens is 2. The Hall–Kier alpha value is -1.35. The summed E-state index contributed by atoms with van der Waals surface area (Å²) in [6.07, 6.45) is 3.66. The molecule has 3 rings (SSSR count). The normalized spacial score (nSPS) is 18.6. The maximum absolute atomic E-state index is 10.2. The van der Waals surface area contributed by atoms with Crippen LogP contribution in [0.25, 0.3) is 10.9 Å². The van der Waals surface area contributed by atoms with E-state index in [9.17, 15) is 5.11 Å². The van der Waals surface area contributed by atoms with E-state index >= 15 is 0 Å². The van der Waals surface area contributed by atoms with E-state index in [0.717, 1.165) is 30.5 Å². The molecular weight excluding hydrogens is 200 g/mol. The summed E-state index contributed by atoms with van der Waals surface area (Å²) in [6, 6.07) is 8.19. The second-order valence-corrected chi connectivity index (χ2v) is 4.84. The number of fused-ring (bicyclic) bond motifs is 1. The highest BCUT2D eigenvalue weighted by Gasteiger charge is 2.35. The maximum atomic E-state index is 10.2. The average Bonchev–Trinajstić information content (AvgIpc) is 2.55. The van der Waals surface area contributed by atoms with Crippen LogP contribution in [0.2, 0.25) is 0 Å². The molecule has 1 fully saturated rings. The lowest BCUT2D eigenvalue weighted by Gasteiger charge is -2.36. The highest BCUT2D eigenvalue weighted by Crippen LogP contribution is 2.35. The van der Waals surface area contributed by atoms with Crippen molar-refractivity contribution < 1.29 is 5.11 Å². The molecule has 1 aliphatic rings. The Morgan fingerprint density at radius 1 is 1.38 bits per heavy atom. The zero-order valence-electron chi connectivity index (χ0n) is 9.48. The van der Waals surface area contributed by atoms with Crippen LogP contribution in [0.15, 0.2) is 24.3 Å². The minimum absolute atomic E-state index is 0.489. The lowest BCUT2D eigenvalue weighted by Crippen LogP contribution is -2.39. The summed E-state index contributed by atoms with van der Waals surface area (Å²) in [6.45, 7) is 0. The summed E-state index contributed by atoms with van der Waals surface area (Å²) in [5.41, 5.74) is 1.68. The molecule has 3 heteroatoms. The van der Waals surface area contributed by atoms with Gasteiger partial charge < -0.3 is 5.11 Å². The molecule has 1 aliphatic carbocycles. The molecular formula is C13H16N2O. The SMILES string of the molecule is Cn1nc(CC2(O)CCC2)c2ccccc21. The Labute approximate surface area is 94.7 Å². The second-order valence-electron chi connectivity index (χ2n) is 4.84. The smallest absolute Gasteiger partial charge is 0.0731 e. The first-order valence-corrected chi connectivity index (χ1v) is 5.81. The number of hydrogen-bond acceptors (Lipinski definition) is 2. The van der Waals surface area contributed by atoms with Gasteiger partial charge in [0.2, 0.25) is 0 Å². The summed E-state index contributed by atoms with van der Waals surface area (Å²) < 4.78 is 1.90. The first-order valence-electron chi connectivity index (χ1n) is 5.81. The van der Waals surface area contributed by atoms with Gasteiger partial charge in [0.25, 0.3) is 0 Å². The van der Waals surface area contributed by atoms with Gasteiger partial charge in [-0.15, -0.1) is 0 Å². The van der Waals surface area contributed by atoms with Gasteiger partial charge in [0.15, 0.2) is 0 Å². The molecule has 0 amide bonds. The number of para-hydroxylation sites is 1. The van der Waals surface area contributed by atoms with Crippen LogP contribution in [0, 0.1) is 0 Å². The maximum Gasteiger partial charge on any atom is 0.0731 e. The molecule has 0 bridgehead atoms. The first kappa shape index (κ1) is 9.85. The number of nitrogens with zero attached hydrogens (tertiary/aromatic N) is 2. The van der Waals surface area contributed by atoms with Crippen molar-refractivity contribution in [3.05, 3.63) is 30.0 Å². The molecule has 3 nitrogen and oxygen atoms in total. The first-order chi connectivity index (χ1) is 7.68. The van der Waals surface area contributed by atoms with E-state index in [-0.39, 0.29) is 0 Å². The van der Waals surface area contributed by atoms with E-state index < -0.39 is 5.60 Å². The predicted octanol–water partition coefficient (Wildman–Crippen LogP) is 2.03. The fourth-order valence-corrected chi connectivity index (χ4v) is 2.49. The van der Waals surface area contributed by atoms with Gasteiger partial charge in [0.05, 0.1) is 16.8 Å². The van der Waals surface area contributed by atoms with E-state index in [1.54, 1.807) is 0 Å². The topological polar surface area (TPSA) is 38.0 Å². The van der Waals surface area contributed by atoms with Crippen LogP contribution in [-0.4, -0.2) is 20.5 Å². The molecule has 1 aromatic heterocycles. The molecule has 0 spiro atoms. The second kappa shape index (κ2) is 3.32. The van der Waals surface area contributed by atoms with Crippen LogP contribution in [-0.2, 0) is 13.5 Å². The molecule has 0 radical (unpaired) electrons. The minimum atomic E-state index is -0.489. The van der Waals surface area contributed by atoms with Gasteiger partial charge in [-0.2, -0.15) is 5.10 Å². The number of aryl methyl sites for hydroxylation is 1. The van der Waals surface area contributed by atoms with Crippen molar-refractivity contribution in [3.63, 3.8) is 0 Å². The van der Waals surface area contributed by atoms with E-state index in [1.807, 2.05) is 23.9 Å². The summed E-state index contributed by atoms with van der Waals surface area (Å²) in [4.78, 5) is 0. The van der Waals surface area contributed by atoms with Crippen molar-refractivity contribution in [3.8, 4) is 0 Å². The van der Waals surface area contributed by atoms with Gasteiger partial charge in [-0.25, -0.2) is 0 Å². The zero-order valence-corrected chi connectivity index (χ0v) is 9.48. The molecule has 84 valence electrons. The summed E-state index contributed by atoms with van der Waals surface area (Å²) in [5.74, 6) is 0. The number of aliphatic hydroxyl groups is 1. The quantitative estimate of drug-likeness (QED) is 0.834. The monoisotopic (exact) mass is 216 g/mol. The van der Waals surface area contributed by atoms with E-state index in [1.165, 1.54) is 5.39 Å². The molecule has 0 saturated heterocycles. The Morgan fingerprint density at radius 3 is 2.81 bits per heavy atom. The molecule has 1 heterocycles. The fourth-order valence-electron chi connectivity index (χ4n) is 2.49. The van der Waals surface area contributed by atoms with Crippen LogP contribution in [0.3, 0.4) is 0 Å². The largest absolute Gasteiger partial charge is 0.389 e. The molecule has 0 unspecified atom stereocenters. The fraction of sp³-hybridized carbons (Fsp3) is 0.462. The van der Waals surface area contributed by atoms with Crippen LogP contribution < -0.4 is 0 Å². The average molecular weight is 216 g/mol. The van der Waals surface area contributed by atoms with E-state index in [2.05, 4.69) is 17.2 Å². The lowest BCUT2D eigenvalue weighted by atomic mass is 9.77. The number of benzene rings is 1.